The van der Waals surface area contributed by atoms with Gasteiger partial charge in [-0.2, -0.15) is 0 Å². The Morgan fingerprint density at radius 2 is 2.05 bits per heavy atom. The van der Waals surface area contributed by atoms with E-state index in [4.69, 9.17) is 28.3 Å². The highest BCUT2D eigenvalue weighted by Crippen LogP contribution is 2.22. The summed E-state index contributed by atoms with van der Waals surface area (Å²) in [5, 5.41) is 12.1. The third-order valence-electron chi connectivity index (χ3n) is 2.79. The van der Waals surface area contributed by atoms with Crippen LogP contribution in [0.1, 0.15) is 37.2 Å². The Balaban J connectivity index is 2.57. The molecule has 1 rings (SSSR count). The molecule has 0 bridgehead atoms. The summed E-state index contributed by atoms with van der Waals surface area (Å²) in [5.41, 5.74) is 0.263. The molecule has 1 heterocycles. The molecule has 0 aliphatic rings. The number of halogens is 2. The van der Waals surface area contributed by atoms with E-state index in [1.807, 2.05) is 13.8 Å². The molecule has 112 valence electrons. The van der Waals surface area contributed by atoms with Crippen LogP contribution in [0.2, 0.25) is 10.2 Å². The summed E-state index contributed by atoms with van der Waals surface area (Å²) in [7, 11) is 0. The lowest BCUT2D eigenvalue weighted by Gasteiger charge is -2.17. The van der Waals surface area contributed by atoms with Crippen LogP contribution in [-0.2, 0) is 4.79 Å². The first-order chi connectivity index (χ1) is 9.29. The van der Waals surface area contributed by atoms with E-state index in [1.54, 1.807) is 0 Å². The maximum absolute atomic E-state index is 11.9. The quantitative estimate of drug-likeness (QED) is 0.721. The number of aliphatic carboxylic acids is 1. The number of nitrogens with one attached hydrogen (secondary N) is 2. The number of hydrogen-bond acceptors (Lipinski definition) is 2. The van der Waals surface area contributed by atoms with Gasteiger partial charge in [0.25, 0.3) is 5.91 Å². The van der Waals surface area contributed by atoms with Gasteiger partial charge < -0.3 is 15.4 Å². The van der Waals surface area contributed by atoms with E-state index in [2.05, 4.69) is 10.3 Å². The molecule has 1 aromatic rings. The average molecular weight is 321 g/mol. The molecule has 3 N–H and O–H groups in total. The van der Waals surface area contributed by atoms with Gasteiger partial charge in [0.15, 0.2) is 0 Å². The van der Waals surface area contributed by atoms with Gasteiger partial charge in [-0.25, -0.2) is 0 Å². The van der Waals surface area contributed by atoms with Gasteiger partial charge in [0, 0.05) is 13.0 Å². The number of H-pyrrole nitrogens is 1. The Morgan fingerprint density at radius 3 is 2.50 bits per heavy atom. The predicted octanol–water partition coefficient (Wildman–Crippen LogP) is 3.19. The Labute approximate surface area is 127 Å². The fourth-order valence-electron chi connectivity index (χ4n) is 2.01. The SMILES string of the molecule is CC(C)CC(CNC(=O)c1cc(Cl)c(Cl)[nH]1)CC(=O)O. The maximum atomic E-state index is 11.9. The lowest BCUT2D eigenvalue weighted by Crippen LogP contribution is -2.31. The fraction of sp³-hybridized carbons (Fsp3) is 0.538. The van der Waals surface area contributed by atoms with Gasteiger partial charge in [-0.05, 0) is 24.3 Å². The van der Waals surface area contributed by atoms with Crippen molar-refractivity contribution in [3.8, 4) is 0 Å². The van der Waals surface area contributed by atoms with Crippen LogP contribution in [0.15, 0.2) is 6.07 Å². The number of rotatable bonds is 7. The zero-order chi connectivity index (χ0) is 15.3. The van der Waals surface area contributed by atoms with Crippen LogP contribution < -0.4 is 5.32 Å². The van der Waals surface area contributed by atoms with Gasteiger partial charge in [0.1, 0.15) is 10.8 Å². The fourth-order valence-corrected chi connectivity index (χ4v) is 2.32. The molecule has 0 saturated heterocycles. The van der Waals surface area contributed by atoms with Gasteiger partial charge in [0.2, 0.25) is 0 Å². The molecule has 7 heteroatoms. The zero-order valence-corrected chi connectivity index (χ0v) is 12.9. The topological polar surface area (TPSA) is 82.2 Å². The summed E-state index contributed by atoms with van der Waals surface area (Å²) in [6.07, 6.45) is 0.767. The third kappa shape index (κ3) is 5.43. The monoisotopic (exact) mass is 320 g/mol. The molecule has 0 fully saturated rings. The standard InChI is InChI=1S/C13H18Cl2N2O3/c1-7(2)3-8(4-11(18)19)6-16-13(20)10-5-9(14)12(15)17-10/h5,7-8,17H,3-4,6H2,1-2H3,(H,16,20)(H,18,19). The highest BCUT2D eigenvalue weighted by atomic mass is 35.5. The molecule has 5 nitrogen and oxygen atoms in total. The van der Waals surface area contributed by atoms with E-state index in [-0.39, 0.29) is 34.1 Å². The van der Waals surface area contributed by atoms with Gasteiger partial charge in [-0.15, -0.1) is 0 Å². The van der Waals surface area contributed by atoms with Gasteiger partial charge in [-0.3, -0.25) is 9.59 Å². The van der Waals surface area contributed by atoms with Crippen molar-refractivity contribution in [1.82, 2.24) is 10.3 Å². The van der Waals surface area contributed by atoms with Gasteiger partial charge in [0.05, 0.1) is 5.02 Å². The average Bonchev–Trinajstić information content (AvgIpc) is 2.65. The largest absolute Gasteiger partial charge is 0.481 e. The number of carbonyl (C=O) groups excluding carboxylic acids is 1. The Morgan fingerprint density at radius 1 is 1.40 bits per heavy atom. The zero-order valence-electron chi connectivity index (χ0n) is 11.4. The number of hydrogen-bond donors (Lipinski definition) is 3. The van der Waals surface area contributed by atoms with Crippen LogP contribution >= 0.6 is 23.2 Å². The van der Waals surface area contributed by atoms with E-state index < -0.39 is 5.97 Å². The summed E-state index contributed by atoms with van der Waals surface area (Å²) in [4.78, 5) is 25.3. The minimum atomic E-state index is -0.865. The molecule has 1 amide bonds. The number of carbonyl (C=O) groups is 2. The van der Waals surface area contributed by atoms with Gasteiger partial charge in [-0.1, -0.05) is 37.0 Å². The van der Waals surface area contributed by atoms with Crippen molar-refractivity contribution in [2.24, 2.45) is 11.8 Å². The summed E-state index contributed by atoms with van der Waals surface area (Å²) in [5.74, 6) is -0.947. The first-order valence-corrected chi connectivity index (χ1v) is 7.09. The van der Waals surface area contributed by atoms with Crippen LogP contribution in [0.3, 0.4) is 0 Å². The molecule has 0 spiro atoms. The molecule has 1 unspecified atom stereocenters. The summed E-state index contributed by atoms with van der Waals surface area (Å²) in [6, 6.07) is 1.44. The Bertz CT molecular complexity index is 466. The van der Waals surface area contributed by atoms with Crippen LogP contribution in [0.5, 0.6) is 0 Å². The number of aromatic amines is 1. The highest BCUT2D eigenvalue weighted by molar-refractivity contribution is 6.41. The Kier molecular flexibility index (Phi) is 6.36. The lowest BCUT2D eigenvalue weighted by atomic mass is 9.94. The molecular weight excluding hydrogens is 303 g/mol. The van der Waals surface area contributed by atoms with Crippen LogP contribution in [0, 0.1) is 11.8 Å². The first kappa shape index (κ1) is 16.9. The summed E-state index contributed by atoms with van der Waals surface area (Å²) >= 11 is 11.5. The van der Waals surface area contributed by atoms with Crippen LogP contribution in [-0.4, -0.2) is 28.5 Å². The third-order valence-corrected chi connectivity index (χ3v) is 3.48. The van der Waals surface area contributed by atoms with Crippen molar-refractivity contribution in [3.63, 3.8) is 0 Å². The van der Waals surface area contributed by atoms with Gasteiger partial charge >= 0.3 is 5.97 Å². The molecule has 1 aromatic heterocycles. The molecule has 0 aliphatic heterocycles. The van der Waals surface area contributed by atoms with Crippen LogP contribution in [0.4, 0.5) is 0 Å². The molecule has 20 heavy (non-hydrogen) atoms. The summed E-state index contributed by atoms with van der Waals surface area (Å²) < 4.78 is 0. The van der Waals surface area contributed by atoms with Crippen molar-refractivity contribution < 1.29 is 14.7 Å². The molecule has 0 radical (unpaired) electrons. The van der Waals surface area contributed by atoms with Crippen LogP contribution in [0.25, 0.3) is 0 Å². The molecule has 0 aliphatic carbocycles. The highest BCUT2D eigenvalue weighted by Gasteiger charge is 2.17. The van der Waals surface area contributed by atoms with E-state index in [0.717, 1.165) is 6.42 Å². The van der Waals surface area contributed by atoms with E-state index in [9.17, 15) is 9.59 Å². The van der Waals surface area contributed by atoms with Crippen molar-refractivity contribution in [2.45, 2.75) is 26.7 Å². The van der Waals surface area contributed by atoms with Crippen molar-refractivity contribution in [1.29, 1.82) is 0 Å². The number of aromatic nitrogens is 1. The minimum absolute atomic E-state index is 0.0324. The second kappa shape index (κ2) is 7.55. The normalized spacial score (nSPS) is 12.4. The summed E-state index contributed by atoms with van der Waals surface area (Å²) in [6.45, 7) is 4.33. The van der Waals surface area contributed by atoms with E-state index in [0.29, 0.717) is 12.5 Å². The lowest BCUT2D eigenvalue weighted by molar-refractivity contribution is -0.138. The second-order valence-electron chi connectivity index (χ2n) is 5.15. The Hall–Kier alpha value is -1.20. The minimum Gasteiger partial charge on any atom is -0.481 e. The number of carboxylic acid groups (broad SMARTS) is 1. The second-order valence-corrected chi connectivity index (χ2v) is 5.93. The van der Waals surface area contributed by atoms with Crippen molar-refractivity contribution in [3.05, 3.63) is 21.9 Å². The van der Waals surface area contributed by atoms with Crippen molar-refractivity contribution >= 4 is 35.1 Å². The first-order valence-electron chi connectivity index (χ1n) is 6.33. The van der Waals surface area contributed by atoms with Crippen molar-refractivity contribution in [2.75, 3.05) is 6.54 Å². The smallest absolute Gasteiger partial charge is 0.303 e. The maximum Gasteiger partial charge on any atom is 0.303 e. The number of carboxylic acids is 1. The van der Waals surface area contributed by atoms with E-state index >= 15 is 0 Å². The molecule has 1 atom stereocenters. The molecular formula is C13H18Cl2N2O3. The molecule has 0 saturated carbocycles. The molecule has 0 aromatic carbocycles. The predicted molar refractivity (Wildman–Crippen MR) is 78.3 cm³/mol. The van der Waals surface area contributed by atoms with E-state index in [1.165, 1.54) is 6.07 Å². The number of amides is 1.